The van der Waals surface area contributed by atoms with Gasteiger partial charge < -0.3 is 10.6 Å². The number of unbranched alkanes of at least 4 members (excludes halogenated alkanes) is 13. The molecule has 0 aliphatic heterocycles. The van der Waals surface area contributed by atoms with Gasteiger partial charge in [0.1, 0.15) is 6.33 Å². The molecular weight excluding hydrogens is 462 g/mol. The van der Waals surface area contributed by atoms with Gasteiger partial charge in [-0.1, -0.05) is 108 Å². The molecule has 0 aliphatic carbocycles. The van der Waals surface area contributed by atoms with E-state index in [9.17, 15) is 10.1 Å². The van der Waals surface area contributed by atoms with Crippen LogP contribution in [0.1, 0.15) is 102 Å². The van der Waals surface area contributed by atoms with Crippen LogP contribution in [-0.4, -0.2) is 21.4 Å². The number of nitrogens with one attached hydrogen (secondary N) is 2. The smallest absolute Gasteiger partial charge is 0.353 e. The zero-order chi connectivity index (χ0) is 25.3. The number of anilines is 3. The molecule has 0 saturated carbocycles. The zero-order valence-electron chi connectivity index (χ0n) is 21.5. The molecule has 0 bridgehead atoms. The molecule has 2 N–H and O–H groups in total. The molecule has 1 aromatic carbocycles. The minimum Gasteiger partial charge on any atom is -0.364 e. The molecule has 0 amide bonds. The van der Waals surface area contributed by atoms with Gasteiger partial charge in [-0.3, -0.25) is 10.1 Å². The lowest BCUT2D eigenvalue weighted by Gasteiger charge is -2.12. The van der Waals surface area contributed by atoms with E-state index in [-0.39, 0.29) is 17.3 Å². The van der Waals surface area contributed by atoms with Gasteiger partial charge in [-0.2, -0.15) is 0 Å². The Morgan fingerprint density at radius 2 is 1.40 bits per heavy atom. The summed E-state index contributed by atoms with van der Waals surface area (Å²) in [6.07, 6.45) is 19.5. The van der Waals surface area contributed by atoms with E-state index in [1.807, 2.05) is 13.0 Å². The third-order valence-electron chi connectivity index (χ3n) is 6.28. The van der Waals surface area contributed by atoms with Crippen LogP contribution in [0.4, 0.5) is 23.0 Å². The van der Waals surface area contributed by atoms with Crippen LogP contribution in [0, 0.1) is 17.0 Å². The summed E-state index contributed by atoms with van der Waals surface area (Å²) in [5.41, 5.74) is 1.44. The van der Waals surface area contributed by atoms with E-state index in [1.54, 1.807) is 12.1 Å². The predicted molar refractivity (Wildman–Crippen MR) is 147 cm³/mol. The minimum absolute atomic E-state index is 0.152. The summed E-state index contributed by atoms with van der Waals surface area (Å²) in [4.78, 5) is 19.5. The van der Waals surface area contributed by atoms with Gasteiger partial charge in [0, 0.05) is 17.3 Å². The highest BCUT2D eigenvalue weighted by Crippen LogP contribution is 2.32. The maximum Gasteiger partial charge on any atom is 0.353 e. The number of hydrogen-bond acceptors (Lipinski definition) is 6. The Morgan fingerprint density at radius 3 is 1.97 bits per heavy atom. The fourth-order valence-electron chi connectivity index (χ4n) is 4.16. The highest BCUT2D eigenvalue weighted by Gasteiger charge is 2.23. The summed E-state index contributed by atoms with van der Waals surface area (Å²) >= 11 is 6.08. The van der Waals surface area contributed by atoms with E-state index in [4.69, 9.17) is 11.6 Å². The van der Waals surface area contributed by atoms with Crippen molar-refractivity contribution in [3.63, 3.8) is 0 Å². The fraction of sp³-hybridized carbons (Fsp3) is 0.630. The van der Waals surface area contributed by atoms with Crippen molar-refractivity contribution in [3.05, 3.63) is 45.2 Å². The first kappa shape index (κ1) is 28.8. The van der Waals surface area contributed by atoms with Gasteiger partial charge in [0.05, 0.1) is 4.92 Å². The number of halogens is 1. The molecule has 0 saturated heterocycles. The zero-order valence-corrected chi connectivity index (χ0v) is 22.2. The Bertz CT molecular complexity index is 894. The van der Waals surface area contributed by atoms with Crippen LogP contribution in [0.25, 0.3) is 0 Å². The van der Waals surface area contributed by atoms with E-state index in [0.717, 1.165) is 18.4 Å². The number of rotatable bonds is 19. The lowest BCUT2D eigenvalue weighted by atomic mass is 10.0. The van der Waals surface area contributed by atoms with Crippen molar-refractivity contribution >= 4 is 34.6 Å². The fourth-order valence-corrected chi connectivity index (χ4v) is 4.33. The average molecular weight is 504 g/mol. The van der Waals surface area contributed by atoms with Crippen molar-refractivity contribution < 1.29 is 4.92 Å². The molecule has 2 aromatic rings. The highest BCUT2D eigenvalue weighted by molar-refractivity contribution is 6.30. The van der Waals surface area contributed by atoms with Gasteiger partial charge >= 0.3 is 5.69 Å². The summed E-state index contributed by atoms with van der Waals surface area (Å²) in [7, 11) is 0. The summed E-state index contributed by atoms with van der Waals surface area (Å²) in [6, 6.07) is 5.36. The first-order chi connectivity index (χ1) is 17.0. The highest BCUT2D eigenvalue weighted by atomic mass is 35.5. The second-order valence-electron chi connectivity index (χ2n) is 9.28. The number of nitro groups is 1. The lowest BCUT2D eigenvalue weighted by molar-refractivity contribution is -0.383. The molecule has 0 spiro atoms. The third kappa shape index (κ3) is 11.2. The van der Waals surface area contributed by atoms with Gasteiger partial charge in [0.2, 0.25) is 11.6 Å². The molecule has 1 aromatic heterocycles. The second kappa shape index (κ2) is 17.1. The van der Waals surface area contributed by atoms with Crippen LogP contribution < -0.4 is 10.6 Å². The van der Waals surface area contributed by atoms with Crippen molar-refractivity contribution in [2.75, 3.05) is 17.2 Å². The molecule has 0 radical (unpaired) electrons. The molecule has 0 atom stereocenters. The quantitative estimate of drug-likeness (QED) is 0.113. The Balaban J connectivity index is 1.65. The molecule has 0 unspecified atom stereocenters. The first-order valence-corrected chi connectivity index (χ1v) is 13.7. The Hall–Kier alpha value is -2.41. The van der Waals surface area contributed by atoms with E-state index in [2.05, 4.69) is 27.5 Å². The van der Waals surface area contributed by atoms with Gasteiger partial charge in [-0.05, 0) is 31.0 Å². The molecule has 0 aliphatic rings. The first-order valence-electron chi connectivity index (χ1n) is 13.3. The van der Waals surface area contributed by atoms with Crippen LogP contribution in [0.3, 0.4) is 0 Å². The molecule has 35 heavy (non-hydrogen) atoms. The number of hydrogen-bond donors (Lipinski definition) is 2. The number of benzene rings is 1. The molecule has 194 valence electrons. The van der Waals surface area contributed by atoms with Crippen LogP contribution in [0.2, 0.25) is 5.02 Å². The average Bonchev–Trinajstić information content (AvgIpc) is 2.83. The number of nitrogens with zero attached hydrogens (tertiary/aromatic N) is 3. The molecule has 2 rings (SSSR count). The van der Waals surface area contributed by atoms with Crippen molar-refractivity contribution in [1.82, 2.24) is 9.97 Å². The largest absolute Gasteiger partial charge is 0.364 e. The second-order valence-corrected chi connectivity index (χ2v) is 9.72. The van der Waals surface area contributed by atoms with Crippen molar-refractivity contribution in [2.45, 2.75) is 104 Å². The van der Waals surface area contributed by atoms with Crippen molar-refractivity contribution in [1.29, 1.82) is 0 Å². The van der Waals surface area contributed by atoms with E-state index < -0.39 is 4.92 Å². The van der Waals surface area contributed by atoms with Crippen molar-refractivity contribution in [2.24, 2.45) is 0 Å². The molecule has 1 heterocycles. The predicted octanol–water partition coefficient (Wildman–Crippen LogP) is 8.98. The maximum absolute atomic E-state index is 11.8. The van der Waals surface area contributed by atoms with E-state index in [1.165, 1.54) is 83.4 Å². The summed E-state index contributed by atoms with van der Waals surface area (Å²) in [5.74, 6) is 0.390. The summed E-state index contributed by atoms with van der Waals surface area (Å²) in [6.45, 7) is 4.81. The molecule has 8 heteroatoms. The monoisotopic (exact) mass is 503 g/mol. The Labute approximate surface area is 215 Å². The van der Waals surface area contributed by atoms with Crippen LogP contribution in [0.15, 0.2) is 24.5 Å². The summed E-state index contributed by atoms with van der Waals surface area (Å²) < 4.78 is 0. The van der Waals surface area contributed by atoms with Gasteiger partial charge in [-0.15, -0.1) is 0 Å². The van der Waals surface area contributed by atoms with Gasteiger partial charge in [-0.25, -0.2) is 9.97 Å². The van der Waals surface area contributed by atoms with Crippen LogP contribution in [-0.2, 0) is 0 Å². The molecular formula is C27H42ClN5O2. The van der Waals surface area contributed by atoms with E-state index in [0.29, 0.717) is 17.3 Å². The van der Waals surface area contributed by atoms with Gasteiger partial charge in [0.25, 0.3) is 0 Å². The minimum atomic E-state index is -0.449. The molecule has 0 fully saturated rings. The third-order valence-corrected chi connectivity index (χ3v) is 6.52. The SMILES string of the molecule is CCCCCCCCCCCCCCCCNc1ncnc(Nc2cc(Cl)ccc2C)c1[N+](=O)[O-]. The lowest BCUT2D eigenvalue weighted by Crippen LogP contribution is -2.09. The Morgan fingerprint density at radius 1 is 0.857 bits per heavy atom. The Kier molecular flexibility index (Phi) is 14.1. The maximum atomic E-state index is 11.8. The number of aromatic nitrogens is 2. The number of aryl methyl sites for hydroxylation is 1. The summed E-state index contributed by atoms with van der Waals surface area (Å²) in [5, 5.41) is 18.5. The van der Waals surface area contributed by atoms with E-state index >= 15 is 0 Å². The van der Waals surface area contributed by atoms with Crippen molar-refractivity contribution in [3.8, 4) is 0 Å². The van der Waals surface area contributed by atoms with Crippen LogP contribution in [0.5, 0.6) is 0 Å². The standard InChI is InChI=1S/C27H42ClN5O2/c1-3-4-5-6-7-8-9-10-11-12-13-14-15-16-19-29-26-25(33(34)35)27(31-21-30-26)32-24-20-23(28)18-17-22(24)2/h17-18,20-21H,3-16,19H2,1-2H3,(H2,29,30,31,32). The molecule has 7 nitrogen and oxygen atoms in total. The topological polar surface area (TPSA) is 93.0 Å². The van der Waals surface area contributed by atoms with Gasteiger partial charge in [0.15, 0.2) is 0 Å². The van der Waals surface area contributed by atoms with Crippen LogP contribution >= 0.6 is 11.6 Å². The normalized spacial score (nSPS) is 10.9.